The van der Waals surface area contributed by atoms with Gasteiger partial charge in [-0.3, -0.25) is 0 Å². The molecule has 0 saturated carbocycles. The van der Waals surface area contributed by atoms with Crippen LogP contribution in [0.2, 0.25) is 6.04 Å². The molecule has 0 unspecified atom stereocenters. The molecule has 1 aromatic carbocycles. The maximum atomic E-state index is 12.5. The Labute approximate surface area is 144 Å². The lowest BCUT2D eigenvalue weighted by Gasteiger charge is -2.23. The molecule has 138 valence electrons. The normalized spacial score (nSPS) is 13.1. The predicted molar refractivity (Wildman–Crippen MR) is 90.4 cm³/mol. The van der Waals surface area contributed by atoms with E-state index in [4.69, 9.17) is 13.9 Å². The molecule has 24 heavy (non-hydrogen) atoms. The SMILES string of the molecule is CC(C)OC(O[SiH2]CCCc1ccc(C(F)(F)F)cc1)OC(C)C. The van der Waals surface area contributed by atoms with Gasteiger partial charge in [-0.1, -0.05) is 18.6 Å². The Morgan fingerprint density at radius 3 is 1.96 bits per heavy atom. The van der Waals surface area contributed by atoms with Crippen LogP contribution in [-0.2, 0) is 26.5 Å². The van der Waals surface area contributed by atoms with Gasteiger partial charge in [-0.05, 0) is 57.9 Å². The van der Waals surface area contributed by atoms with Gasteiger partial charge in [0.1, 0.15) is 0 Å². The van der Waals surface area contributed by atoms with Crippen LogP contribution < -0.4 is 0 Å². The molecular weight excluding hydrogens is 337 g/mol. The summed E-state index contributed by atoms with van der Waals surface area (Å²) in [6.07, 6.45) is -2.60. The van der Waals surface area contributed by atoms with Crippen LogP contribution in [0.5, 0.6) is 0 Å². The van der Waals surface area contributed by atoms with Gasteiger partial charge < -0.3 is 13.9 Å². The first kappa shape index (κ1) is 21.2. The van der Waals surface area contributed by atoms with Crippen molar-refractivity contribution in [3.8, 4) is 0 Å². The summed E-state index contributed by atoms with van der Waals surface area (Å²) >= 11 is 0. The highest BCUT2D eigenvalue weighted by Gasteiger charge is 2.29. The minimum absolute atomic E-state index is 0.0231. The first-order chi connectivity index (χ1) is 11.2. The number of aryl methyl sites for hydroxylation is 1. The lowest BCUT2D eigenvalue weighted by Crippen LogP contribution is -2.28. The van der Waals surface area contributed by atoms with Crippen LogP contribution >= 0.6 is 0 Å². The van der Waals surface area contributed by atoms with Crippen LogP contribution in [-0.4, -0.2) is 28.4 Å². The summed E-state index contributed by atoms with van der Waals surface area (Å²) in [7, 11) is -0.798. The van der Waals surface area contributed by atoms with Crippen LogP contribution in [0.25, 0.3) is 0 Å². The first-order valence-electron chi connectivity index (χ1n) is 8.27. The summed E-state index contributed by atoms with van der Waals surface area (Å²) < 4.78 is 54.3. The van der Waals surface area contributed by atoms with Crippen molar-refractivity contribution in [3.63, 3.8) is 0 Å². The zero-order chi connectivity index (χ0) is 18.2. The summed E-state index contributed by atoms with van der Waals surface area (Å²) in [6.45, 7) is 7.07. The van der Waals surface area contributed by atoms with Gasteiger partial charge >= 0.3 is 6.18 Å². The molecule has 0 aliphatic carbocycles. The lowest BCUT2D eigenvalue weighted by molar-refractivity contribution is -0.275. The molecule has 0 heterocycles. The van der Waals surface area contributed by atoms with Gasteiger partial charge in [-0.25, -0.2) is 0 Å². The molecule has 1 rings (SSSR count). The van der Waals surface area contributed by atoms with Crippen molar-refractivity contribution in [2.75, 3.05) is 0 Å². The average Bonchev–Trinajstić information content (AvgIpc) is 2.45. The van der Waals surface area contributed by atoms with Gasteiger partial charge in [0.2, 0.25) is 0 Å². The van der Waals surface area contributed by atoms with Crippen molar-refractivity contribution in [1.82, 2.24) is 0 Å². The molecule has 0 spiro atoms. The van der Waals surface area contributed by atoms with Crippen LogP contribution in [0.4, 0.5) is 13.2 Å². The average molecular weight is 364 g/mol. The predicted octanol–water partition coefficient (Wildman–Crippen LogP) is 4.29. The molecule has 0 saturated heterocycles. The van der Waals surface area contributed by atoms with Crippen molar-refractivity contribution >= 4 is 9.76 Å². The number of hydrogen-bond acceptors (Lipinski definition) is 3. The van der Waals surface area contributed by atoms with E-state index in [0.29, 0.717) is 0 Å². The largest absolute Gasteiger partial charge is 0.416 e. The number of hydrogen-bond donors (Lipinski definition) is 0. The van der Waals surface area contributed by atoms with E-state index in [0.717, 1.165) is 36.6 Å². The summed E-state index contributed by atoms with van der Waals surface area (Å²) in [4.78, 5) is 0. The van der Waals surface area contributed by atoms with Crippen molar-refractivity contribution < 1.29 is 27.1 Å². The minimum atomic E-state index is -4.28. The van der Waals surface area contributed by atoms with E-state index in [9.17, 15) is 13.2 Å². The summed E-state index contributed by atoms with van der Waals surface area (Å²) in [6, 6.07) is 6.26. The zero-order valence-electron chi connectivity index (χ0n) is 14.7. The molecule has 0 radical (unpaired) electrons. The second kappa shape index (κ2) is 10.2. The highest BCUT2D eigenvalue weighted by Crippen LogP contribution is 2.29. The van der Waals surface area contributed by atoms with E-state index in [-0.39, 0.29) is 12.2 Å². The Bertz CT molecular complexity index is 451. The third-order valence-electron chi connectivity index (χ3n) is 3.16. The molecule has 0 aliphatic rings. The zero-order valence-corrected chi connectivity index (χ0v) is 16.1. The van der Waals surface area contributed by atoms with E-state index in [1.165, 1.54) is 12.1 Å². The molecule has 0 aliphatic heterocycles. The lowest BCUT2D eigenvalue weighted by atomic mass is 10.1. The van der Waals surface area contributed by atoms with Crippen LogP contribution in [0, 0.1) is 0 Å². The molecule has 0 bridgehead atoms. The summed E-state index contributed by atoms with van der Waals surface area (Å²) in [5.41, 5.74) is 0.300. The Morgan fingerprint density at radius 2 is 1.50 bits per heavy atom. The summed E-state index contributed by atoms with van der Waals surface area (Å²) in [5, 5.41) is 0. The minimum Gasteiger partial charge on any atom is -0.379 e. The van der Waals surface area contributed by atoms with Crippen LogP contribution in [0.3, 0.4) is 0 Å². The fourth-order valence-electron chi connectivity index (χ4n) is 2.03. The molecule has 0 fully saturated rings. The third kappa shape index (κ3) is 8.82. The third-order valence-corrected chi connectivity index (χ3v) is 4.46. The number of ether oxygens (including phenoxy) is 2. The molecule has 3 nitrogen and oxygen atoms in total. The summed E-state index contributed by atoms with van der Waals surface area (Å²) in [5.74, 6) is 0. The Balaban J connectivity index is 2.29. The highest BCUT2D eigenvalue weighted by molar-refractivity contribution is 6.27. The van der Waals surface area contributed by atoms with Gasteiger partial charge in [-0.2, -0.15) is 13.2 Å². The molecule has 0 amide bonds. The Morgan fingerprint density at radius 1 is 0.958 bits per heavy atom. The molecule has 0 atom stereocenters. The molecule has 1 aromatic rings. The van der Waals surface area contributed by atoms with E-state index >= 15 is 0 Å². The quantitative estimate of drug-likeness (QED) is 0.352. The maximum Gasteiger partial charge on any atom is 0.416 e. The van der Waals surface area contributed by atoms with E-state index < -0.39 is 28.0 Å². The Kier molecular flexibility index (Phi) is 8.97. The second-order valence-corrected chi connectivity index (χ2v) is 7.63. The van der Waals surface area contributed by atoms with Crippen LogP contribution in [0.1, 0.15) is 45.2 Å². The topological polar surface area (TPSA) is 27.7 Å². The van der Waals surface area contributed by atoms with E-state index in [2.05, 4.69) is 0 Å². The van der Waals surface area contributed by atoms with Crippen molar-refractivity contribution in [2.24, 2.45) is 0 Å². The van der Waals surface area contributed by atoms with Crippen molar-refractivity contribution in [2.45, 2.75) is 71.4 Å². The van der Waals surface area contributed by atoms with Gasteiger partial charge in [0.25, 0.3) is 6.48 Å². The molecule has 0 aromatic heterocycles. The molecule has 0 N–H and O–H groups in total. The van der Waals surface area contributed by atoms with Crippen molar-refractivity contribution in [3.05, 3.63) is 35.4 Å². The molecular formula is C17H27F3O3Si. The van der Waals surface area contributed by atoms with Gasteiger partial charge in [0, 0.05) is 0 Å². The number of rotatable bonds is 10. The van der Waals surface area contributed by atoms with Gasteiger partial charge in [-0.15, -0.1) is 0 Å². The van der Waals surface area contributed by atoms with Crippen molar-refractivity contribution in [1.29, 1.82) is 0 Å². The number of alkyl halides is 3. The molecule has 7 heteroatoms. The Hall–Kier alpha value is -0.893. The fourth-order valence-corrected chi connectivity index (χ4v) is 3.00. The highest BCUT2D eigenvalue weighted by atomic mass is 28.2. The monoisotopic (exact) mass is 364 g/mol. The number of halogens is 3. The first-order valence-corrected chi connectivity index (χ1v) is 9.85. The number of benzene rings is 1. The van der Waals surface area contributed by atoms with E-state index in [1.54, 1.807) is 0 Å². The second-order valence-electron chi connectivity index (χ2n) is 6.18. The van der Waals surface area contributed by atoms with Gasteiger partial charge in [0.15, 0.2) is 9.76 Å². The maximum absolute atomic E-state index is 12.5. The smallest absolute Gasteiger partial charge is 0.379 e. The van der Waals surface area contributed by atoms with Gasteiger partial charge in [0.05, 0.1) is 17.8 Å². The fraction of sp³-hybridized carbons (Fsp3) is 0.647. The van der Waals surface area contributed by atoms with E-state index in [1.807, 2.05) is 27.7 Å². The standard InChI is InChI=1S/C17H27F3O3Si/c1-12(2)21-16(22-13(3)4)23-24-11-5-6-14-7-9-15(10-8-14)17(18,19)20/h7-10,12-13,16H,5-6,11,24H2,1-4H3. The van der Waals surface area contributed by atoms with Crippen LogP contribution in [0.15, 0.2) is 24.3 Å².